The molecule has 0 aromatic heterocycles. The second-order valence-electron chi connectivity index (χ2n) is 6.05. The lowest BCUT2D eigenvalue weighted by molar-refractivity contribution is -0.115. The molecule has 3 aromatic rings. The highest BCUT2D eigenvalue weighted by Gasteiger charge is 2.22. The van der Waals surface area contributed by atoms with Gasteiger partial charge in [0.05, 0.1) is 4.91 Å². The maximum Gasteiger partial charge on any atom is 0.264 e. The number of carbonyl (C=O) groups is 1. The third kappa shape index (κ3) is 3.99. The number of thioether (sulfide) groups is 1. The van der Waals surface area contributed by atoms with Crippen LogP contribution in [0.5, 0.6) is 5.75 Å². The van der Waals surface area contributed by atoms with Gasteiger partial charge in [0.1, 0.15) is 12.4 Å². The van der Waals surface area contributed by atoms with Crippen molar-refractivity contribution in [3.63, 3.8) is 0 Å². The van der Waals surface area contributed by atoms with Crippen molar-refractivity contribution in [2.24, 2.45) is 0 Å². The summed E-state index contributed by atoms with van der Waals surface area (Å²) in [6.07, 6.45) is 1.77. The van der Waals surface area contributed by atoms with Crippen LogP contribution in [0.3, 0.4) is 0 Å². The zero-order chi connectivity index (χ0) is 18.8. The number of amidine groups is 1. The fourth-order valence-electron chi connectivity index (χ4n) is 2.80. The van der Waals surface area contributed by atoms with Crippen LogP contribution in [-0.2, 0) is 11.4 Å². The molecule has 0 spiro atoms. The summed E-state index contributed by atoms with van der Waals surface area (Å²) in [7, 11) is 0. The van der Waals surface area contributed by atoms with E-state index in [2.05, 4.69) is 5.32 Å². The maximum absolute atomic E-state index is 12.0. The van der Waals surface area contributed by atoms with Crippen LogP contribution in [0.25, 0.3) is 16.8 Å². The largest absolute Gasteiger partial charge is 0.488 e. The molecular formula is C21H15ClN2O2S. The SMILES string of the molecule is N=C1NC(=O)C(=Cc2cc3ccccc3cc2OCc2ccc(Cl)cc2)S1. The fraction of sp³-hybridized carbons (Fsp3) is 0.0476. The van der Waals surface area contributed by atoms with Crippen molar-refractivity contribution >= 4 is 51.3 Å². The average Bonchev–Trinajstić information content (AvgIpc) is 2.98. The molecule has 0 atom stereocenters. The van der Waals surface area contributed by atoms with E-state index in [1.54, 1.807) is 6.08 Å². The third-order valence-electron chi connectivity index (χ3n) is 4.14. The van der Waals surface area contributed by atoms with Crippen molar-refractivity contribution < 1.29 is 9.53 Å². The molecule has 1 amide bonds. The molecule has 6 heteroatoms. The minimum absolute atomic E-state index is 0.135. The van der Waals surface area contributed by atoms with Gasteiger partial charge in [0.25, 0.3) is 5.91 Å². The predicted octanol–water partition coefficient (Wildman–Crippen LogP) is 5.21. The van der Waals surface area contributed by atoms with Gasteiger partial charge >= 0.3 is 0 Å². The first-order valence-corrected chi connectivity index (χ1v) is 9.47. The van der Waals surface area contributed by atoms with E-state index >= 15 is 0 Å². The summed E-state index contributed by atoms with van der Waals surface area (Å²) < 4.78 is 6.06. The smallest absolute Gasteiger partial charge is 0.264 e. The Morgan fingerprint density at radius 2 is 1.78 bits per heavy atom. The summed E-state index contributed by atoms with van der Waals surface area (Å²) in [5.41, 5.74) is 1.80. The molecule has 2 N–H and O–H groups in total. The van der Waals surface area contributed by atoms with Gasteiger partial charge in [0, 0.05) is 10.6 Å². The molecular weight excluding hydrogens is 380 g/mol. The lowest BCUT2D eigenvalue weighted by Gasteiger charge is -2.12. The highest BCUT2D eigenvalue weighted by Crippen LogP contribution is 2.32. The van der Waals surface area contributed by atoms with Crippen LogP contribution in [0.4, 0.5) is 0 Å². The number of nitrogens with one attached hydrogen (secondary N) is 2. The minimum atomic E-state index is -0.262. The highest BCUT2D eigenvalue weighted by atomic mass is 35.5. The molecule has 0 radical (unpaired) electrons. The normalized spacial score (nSPS) is 15.4. The first-order chi connectivity index (χ1) is 13.1. The van der Waals surface area contributed by atoms with Gasteiger partial charge in [0.2, 0.25) is 0 Å². The number of halogens is 1. The molecule has 1 fully saturated rings. The van der Waals surface area contributed by atoms with Gasteiger partial charge in [-0.25, -0.2) is 0 Å². The average molecular weight is 395 g/mol. The van der Waals surface area contributed by atoms with Gasteiger partial charge < -0.3 is 10.1 Å². The van der Waals surface area contributed by atoms with Crippen molar-refractivity contribution in [3.05, 3.63) is 81.7 Å². The van der Waals surface area contributed by atoms with E-state index in [1.807, 2.05) is 60.7 Å². The Morgan fingerprint density at radius 1 is 1.07 bits per heavy atom. The number of amides is 1. The summed E-state index contributed by atoms with van der Waals surface area (Å²) in [5.74, 6) is 0.421. The molecule has 1 saturated heterocycles. The quantitative estimate of drug-likeness (QED) is 0.597. The van der Waals surface area contributed by atoms with Crippen LogP contribution < -0.4 is 10.1 Å². The van der Waals surface area contributed by atoms with Crippen LogP contribution in [-0.4, -0.2) is 11.1 Å². The van der Waals surface area contributed by atoms with Gasteiger partial charge in [-0.05, 0) is 58.4 Å². The number of hydrogen-bond acceptors (Lipinski definition) is 4. The first kappa shape index (κ1) is 17.6. The Bertz CT molecular complexity index is 1080. The van der Waals surface area contributed by atoms with Crippen LogP contribution in [0.15, 0.2) is 65.6 Å². The zero-order valence-corrected chi connectivity index (χ0v) is 15.7. The summed E-state index contributed by atoms with van der Waals surface area (Å²) >= 11 is 7.05. The summed E-state index contributed by atoms with van der Waals surface area (Å²) in [6, 6.07) is 19.5. The molecule has 0 unspecified atom stereocenters. The molecule has 1 aliphatic rings. The van der Waals surface area contributed by atoms with E-state index in [0.29, 0.717) is 22.3 Å². The summed E-state index contributed by atoms with van der Waals surface area (Å²) in [5, 5.41) is 13.0. The van der Waals surface area contributed by atoms with Crippen molar-refractivity contribution in [1.29, 1.82) is 5.41 Å². The summed E-state index contributed by atoms with van der Waals surface area (Å²) in [4.78, 5) is 12.5. The first-order valence-electron chi connectivity index (χ1n) is 8.28. The molecule has 1 heterocycles. The number of fused-ring (bicyclic) bond motifs is 1. The fourth-order valence-corrected chi connectivity index (χ4v) is 3.62. The molecule has 27 heavy (non-hydrogen) atoms. The Hall–Kier alpha value is -2.76. The van der Waals surface area contributed by atoms with E-state index in [4.69, 9.17) is 21.7 Å². The van der Waals surface area contributed by atoms with Gasteiger partial charge in [-0.3, -0.25) is 10.2 Å². The number of benzene rings is 3. The second-order valence-corrected chi connectivity index (χ2v) is 7.53. The van der Waals surface area contributed by atoms with Crippen molar-refractivity contribution in [3.8, 4) is 5.75 Å². The van der Waals surface area contributed by atoms with Gasteiger partial charge in [0.15, 0.2) is 5.17 Å². The molecule has 0 saturated carbocycles. The Morgan fingerprint density at radius 3 is 2.44 bits per heavy atom. The molecule has 3 aromatic carbocycles. The Balaban J connectivity index is 1.70. The Labute approximate surface area is 165 Å². The van der Waals surface area contributed by atoms with E-state index in [-0.39, 0.29) is 11.1 Å². The second kappa shape index (κ2) is 7.47. The van der Waals surface area contributed by atoms with Gasteiger partial charge in [-0.15, -0.1) is 0 Å². The van der Waals surface area contributed by atoms with E-state index in [9.17, 15) is 4.79 Å². The molecule has 0 bridgehead atoms. The molecule has 4 rings (SSSR count). The topological polar surface area (TPSA) is 62.2 Å². The monoisotopic (exact) mass is 394 g/mol. The van der Waals surface area contributed by atoms with Crippen molar-refractivity contribution in [2.45, 2.75) is 6.61 Å². The van der Waals surface area contributed by atoms with Crippen molar-refractivity contribution in [1.82, 2.24) is 5.32 Å². The van der Waals surface area contributed by atoms with E-state index in [1.165, 1.54) is 0 Å². The van der Waals surface area contributed by atoms with Gasteiger partial charge in [-0.1, -0.05) is 48.0 Å². The van der Waals surface area contributed by atoms with Crippen molar-refractivity contribution in [2.75, 3.05) is 0 Å². The molecule has 4 nitrogen and oxygen atoms in total. The predicted molar refractivity (Wildman–Crippen MR) is 111 cm³/mol. The van der Waals surface area contributed by atoms with Crippen LogP contribution in [0, 0.1) is 5.41 Å². The van der Waals surface area contributed by atoms with Crippen LogP contribution >= 0.6 is 23.4 Å². The van der Waals surface area contributed by atoms with E-state index < -0.39 is 0 Å². The number of rotatable bonds is 4. The maximum atomic E-state index is 12.0. The molecule has 134 valence electrons. The highest BCUT2D eigenvalue weighted by molar-refractivity contribution is 8.18. The molecule has 1 aliphatic heterocycles. The Kier molecular flexibility index (Phi) is 4.88. The summed E-state index contributed by atoms with van der Waals surface area (Å²) in [6.45, 7) is 0.390. The standard InChI is InChI=1S/C21H15ClN2O2S/c22-17-7-5-13(6-8-17)12-26-18-10-15-4-2-1-3-14(15)9-16(18)11-19-20(25)24-21(23)27-19/h1-11H,12H2,(H2,23,24,25). The minimum Gasteiger partial charge on any atom is -0.488 e. The van der Waals surface area contributed by atoms with Gasteiger partial charge in [-0.2, -0.15) is 0 Å². The van der Waals surface area contributed by atoms with Crippen LogP contribution in [0.2, 0.25) is 5.02 Å². The number of hydrogen-bond donors (Lipinski definition) is 2. The molecule has 0 aliphatic carbocycles. The lowest BCUT2D eigenvalue weighted by Crippen LogP contribution is -2.18. The third-order valence-corrected chi connectivity index (χ3v) is 5.22. The lowest BCUT2D eigenvalue weighted by atomic mass is 10.1. The van der Waals surface area contributed by atoms with Crippen LogP contribution in [0.1, 0.15) is 11.1 Å². The zero-order valence-electron chi connectivity index (χ0n) is 14.2. The number of carbonyl (C=O) groups excluding carboxylic acids is 1. The number of ether oxygens (including phenoxy) is 1. The van der Waals surface area contributed by atoms with E-state index in [0.717, 1.165) is 33.7 Å².